The number of aromatic nitrogens is 3. The van der Waals surface area contributed by atoms with Gasteiger partial charge in [-0.15, -0.1) is 11.3 Å². The van der Waals surface area contributed by atoms with E-state index >= 15 is 0 Å². The predicted molar refractivity (Wildman–Crippen MR) is 90.3 cm³/mol. The maximum Gasteiger partial charge on any atom is 0.188 e. The molecule has 1 unspecified atom stereocenters. The number of hydrogen-bond donors (Lipinski definition) is 3. The molecule has 0 radical (unpaired) electrons. The molecule has 1 atom stereocenters. The van der Waals surface area contributed by atoms with E-state index in [0.717, 1.165) is 10.7 Å². The third kappa shape index (κ3) is 3.15. The fraction of sp³-hybridized carbons (Fsp3) is 0.133. The van der Waals surface area contributed by atoms with Crippen LogP contribution in [0.1, 0.15) is 18.5 Å². The van der Waals surface area contributed by atoms with E-state index in [9.17, 15) is 0 Å². The summed E-state index contributed by atoms with van der Waals surface area (Å²) in [5.74, 6) is 1.15. The highest BCUT2D eigenvalue weighted by molar-refractivity contribution is 7.13. The summed E-state index contributed by atoms with van der Waals surface area (Å²) in [6.07, 6.45) is 3.20. The second kappa shape index (κ2) is 6.40. The van der Waals surface area contributed by atoms with Crippen LogP contribution in [0.4, 0.5) is 22.5 Å². The smallest absolute Gasteiger partial charge is 0.188 e. The van der Waals surface area contributed by atoms with Crippen LogP contribution in [-0.4, -0.2) is 15.0 Å². The van der Waals surface area contributed by atoms with Gasteiger partial charge in [-0.3, -0.25) is 0 Å². The Kier molecular flexibility index (Phi) is 4.15. The average molecular weight is 312 g/mol. The van der Waals surface area contributed by atoms with E-state index < -0.39 is 0 Å². The van der Waals surface area contributed by atoms with Gasteiger partial charge in [0.1, 0.15) is 12.0 Å². The molecule has 0 bridgehead atoms. The lowest BCUT2D eigenvalue weighted by atomic mass is 10.1. The Labute approximate surface area is 132 Å². The Morgan fingerprint density at radius 1 is 1.09 bits per heavy atom. The summed E-state index contributed by atoms with van der Waals surface area (Å²) >= 11 is 1.48. The van der Waals surface area contributed by atoms with E-state index in [-0.39, 0.29) is 6.04 Å². The fourth-order valence-electron chi connectivity index (χ4n) is 2.03. The summed E-state index contributed by atoms with van der Waals surface area (Å²) in [6.45, 7) is 2.06. The molecule has 3 rings (SSSR count). The molecule has 112 valence electrons. The van der Waals surface area contributed by atoms with Crippen molar-refractivity contribution in [3.8, 4) is 0 Å². The lowest BCUT2D eigenvalue weighted by Crippen LogP contribution is -2.11. The second-order valence-electron chi connectivity index (χ2n) is 4.72. The molecule has 0 amide bonds. The number of thiazole rings is 1. The average Bonchev–Trinajstić information content (AvgIpc) is 3.05. The van der Waals surface area contributed by atoms with E-state index in [1.807, 2.05) is 23.6 Å². The Hall–Kier alpha value is -2.67. The quantitative estimate of drug-likeness (QED) is 0.669. The van der Waals surface area contributed by atoms with Crippen LogP contribution in [-0.2, 0) is 0 Å². The summed E-state index contributed by atoms with van der Waals surface area (Å²) in [6, 6.07) is 10.2. The first-order chi connectivity index (χ1) is 10.7. The van der Waals surface area contributed by atoms with Crippen LogP contribution in [0, 0.1) is 0 Å². The zero-order valence-corrected chi connectivity index (χ0v) is 12.8. The molecule has 1 aromatic carbocycles. The Bertz CT molecular complexity index is 729. The van der Waals surface area contributed by atoms with Crippen LogP contribution >= 0.6 is 11.3 Å². The zero-order chi connectivity index (χ0) is 15.4. The van der Waals surface area contributed by atoms with Crippen molar-refractivity contribution in [3.63, 3.8) is 0 Å². The molecule has 0 aliphatic rings. The molecule has 0 fully saturated rings. The van der Waals surface area contributed by atoms with Crippen LogP contribution in [0.25, 0.3) is 0 Å². The minimum atomic E-state index is 0.0890. The number of benzene rings is 1. The molecule has 6 nitrogen and oxygen atoms in total. The van der Waals surface area contributed by atoms with Gasteiger partial charge in [0.15, 0.2) is 16.8 Å². The summed E-state index contributed by atoms with van der Waals surface area (Å²) in [5, 5.41) is 9.04. The molecule has 2 heterocycles. The van der Waals surface area contributed by atoms with Gasteiger partial charge in [-0.25, -0.2) is 15.0 Å². The maximum absolute atomic E-state index is 6.15. The van der Waals surface area contributed by atoms with Crippen LogP contribution in [0.2, 0.25) is 0 Å². The van der Waals surface area contributed by atoms with Gasteiger partial charge >= 0.3 is 0 Å². The molecule has 2 aromatic heterocycles. The highest BCUT2D eigenvalue weighted by atomic mass is 32.1. The van der Waals surface area contributed by atoms with E-state index in [1.165, 1.54) is 17.7 Å². The summed E-state index contributed by atoms with van der Waals surface area (Å²) in [5.41, 5.74) is 7.79. The fourth-order valence-corrected chi connectivity index (χ4v) is 2.55. The number of nitrogens with two attached hydrogens (primary N) is 1. The Morgan fingerprint density at radius 2 is 1.86 bits per heavy atom. The van der Waals surface area contributed by atoms with Gasteiger partial charge in [0.05, 0.1) is 6.04 Å². The van der Waals surface area contributed by atoms with Gasteiger partial charge in [0, 0.05) is 11.6 Å². The SMILES string of the molecule is CC(Nc1ncnc(Nc2nccs2)c1N)c1ccccc1. The minimum absolute atomic E-state index is 0.0890. The highest BCUT2D eigenvalue weighted by Crippen LogP contribution is 2.28. The van der Waals surface area contributed by atoms with Gasteiger partial charge in [0.25, 0.3) is 0 Å². The standard InChI is InChI=1S/C15H16N6S/c1-10(11-5-3-2-4-6-11)20-13-12(16)14(19-9-18-13)21-15-17-7-8-22-15/h2-10H,16H2,1H3,(H2,17,18,19,20,21). The number of hydrogen-bond acceptors (Lipinski definition) is 7. The first-order valence-electron chi connectivity index (χ1n) is 6.82. The van der Waals surface area contributed by atoms with E-state index in [4.69, 9.17) is 5.73 Å². The largest absolute Gasteiger partial charge is 0.393 e. The minimum Gasteiger partial charge on any atom is -0.393 e. The number of nitrogens with one attached hydrogen (secondary N) is 2. The molecule has 0 saturated carbocycles. The van der Waals surface area contributed by atoms with Crippen LogP contribution in [0.3, 0.4) is 0 Å². The second-order valence-corrected chi connectivity index (χ2v) is 5.62. The number of anilines is 4. The van der Waals surface area contributed by atoms with Crippen molar-refractivity contribution in [1.82, 2.24) is 15.0 Å². The number of nitrogens with zero attached hydrogens (tertiary/aromatic N) is 3. The molecule has 0 saturated heterocycles. The van der Waals surface area contributed by atoms with E-state index in [2.05, 4.69) is 44.6 Å². The lowest BCUT2D eigenvalue weighted by molar-refractivity contribution is 0.873. The van der Waals surface area contributed by atoms with Crippen molar-refractivity contribution in [2.45, 2.75) is 13.0 Å². The molecule has 7 heteroatoms. The summed E-state index contributed by atoms with van der Waals surface area (Å²) in [7, 11) is 0. The molecule has 22 heavy (non-hydrogen) atoms. The topological polar surface area (TPSA) is 88.8 Å². The normalized spacial score (nSPS) is 11.9. The summed E-state index contributed by atoms with van der Waals surface area (Å²) in [4.78, 5) is 12.6. The Balaban J connectivity index is 1.79. The molecule has 3 aromatic rings. The highest BCUT2D eigenvalue weighted by Gasteiger charge is 2.12. The van der Waals surface area contributed by atoms with Crippen LogP contribution < -0.4 is 16.4 Å². The van der Waals surface area contributed by atoms with E-state index in [0.29, 0.717) is 17.3 Å². The number of rotatable bonds is 5. The van der Waals surface area contributed by atoms with Crippen molar-refractivity contribution in [2.24, 2.45) is 0 Å². The van der Waals surface area contributed by atoms with Crippen molar-refractivity contribution >= 4 is 33.8 Å². The molecular weight excluding hydrogens is 296 g/mol. The van der Waals surface area contributed by atoms with E-state index in [1.54, 1.807) is 6.20 Å². The molecule has 4 N–H and O–H groups in total. The van der Waals surface area contributed by atoms with Gasteiger partial charge in [-0.05, 0) is 12.5 Å². The van der Waals surface area contributed by atoms with Crippen molar-refractivity contribution in [3.05, 3.63) is 53.8 Å². The first kappa shape index (κ1) is 14.3. The molecule has 0 aliphatic heterocycles. The van der Waals surface area contributed by atoms with Gasteiger partial charge in [-0.2, -0.15) is 0 Å². The monoisotopic (exact) mass is 312 g/mol. The zero-order valence-electron chi connectivity index (χ0n) is 12.0. The third-order valence-corrected chi connectivity index (χ3v) is 3.88. The third-order valence-electron chi connectivity index (χ3n) is 3.19. The van der Waals surface area contributed by atoms with Crippen LogP contribution in [0.5, 0.6) is 0 Å². The molecular formula is C15H16N6S. The van der Waals surface area contributed by atoms with Crippen LogP contribution in [0.15, 0.2) is 48.2 Å². The van der Waals surface area contributed by atoms with Crippen molar-refractivity contribution in [2.75, 3.05) is 16.4 Å². The molecule has 0 spiro atoms. The first-order valence-corrected chi connectivity index (χ1v) is 7.70. The summed E-state index contributed by atoms with van der Waals surface area (Å²) < 4.78 is 0. The van der Waals surface area contributed by atoms with Gasteiger partial charge in [0.2, 0.25) is 0 Å². The van der Waals surface area contributed by atoms with Crippen molar-refractivity contribution in [1.29, 1.82) is 0 Å². The maximum atomic E-state index is 6.15. The van der Waals surface area contributed by atoms with Gasteiger partial charge < -0.3 is 16.4 Å². The molecule has 0 aliphatic carbocycles. The van der Waals surface area contributed by atoms with Crippen molar-refractivity contribution < 1.29 is 0 Å². The van der Waals surface area contributed by atoms with Gasteiger partial charge in [-0.1, -0.05) is 30.3 Å². The lowest BCUT2D eigenvalue weighted by Gasteiger charge is -2.17. The Morgan fingerprint density at radius 3 is 2.59 bits per heavy atom. The number of nitrogen functional groups attached to an aromatic ring is 1. The predicted octanol–water partition coefficient (Wildman–Crippen LogP) is 3.43.